The number of aliphatic carboxylic acids is 1. The molecule has 1 aromatic rings. The third-order valence-electron chi connectivity index (χ3n) is 5.34. The summed E-state index contributed by atoms with van der Waals surface area (Å²) in [6.45, 7) is 9.99. The molecule has 0 spiro atoms. The molecule has 2 aliphatic rings. The smallest absolute Gasteiger partial charge is 0.411 e. The first-order valence-electron chi connectivity index (χ1n) is 9.66. The van der Waals surface area contributed by atoms with Gasteiger partial charge in [-0.25, -0.2) is 9.59 Å². The molecule has 6 heteroatoms. The number of carbonyl (C=O) groups is 2. The molecule has 0 radical (unpaired) electrons. The predicted octanol–water partition coefficient (Wildman–Crippen LogP) is 3.78. The molecule has 3 rings (SSSR count). The lowest BCUT2D eigenvalue weighted by molar-refractivity contribution is -0.142. The number of fused-ring (bicyclic) bond motifs is 1. The molecule has 1 amide bonds. The topological polar surface area (TPSA) is 76.1 Å². The molecule has 0 bridgehead atoms. The molecule has 0 aromatic heterocycles. The summed E-state index contributed by atoms with van der Waals surface area (Å²) < 4.78 is 11.4. The Balaban J connectivity index is 1.61. The maximum absolute atomic E-state index is 12.5. The van der Waals surface area contributed by atoms with Gasteiger partial charge in [0.2, 0.25) is 0 Å². The summed E-state index contributed by atoms with van der Waals surface area (Å²) in [5.74, 6) is -0.991. The van der Waals surface area contributed by atoms with Gasteiger partial charge in [-0.05, 0) is 51.2 Å². The largest absolute Gasteiger partial charge is 0.480 e. The first-order chi connectivity index (χ1) is 13.1. The Morgan fingerprint density at radius 3 is 2.68 bits per heavy atom. The van der Waals surface area contributed by atoms with Crippen LogP contribution in [0.5, 0.6) is 0 Å². The van der Waals surface area contributed by atoms with Gasteiger partial charge in [0.15, 0.2) is 0 Å². The second kappa shape index (κ2) is 7.59. The molecule has 1 aliphatic heterocycles. The van der Waals surface area contributed by atoms with Crippen LogP contribution in [0.3, 0.4) is 0 Å². The van der Waals surface area contributed by atoms with Crippen LogP contribution in [0.4, 0.5) is 4.79 Å². The number of carboxylic acid groups (broad SMARTS) is 1. The van der Waals surface area contributed by atoms with Gasteiger partial charge in [0, 0.05) is 11.5 Å². The molecule has 152 valence electrons. The van der Waals surface area contributed by atoms with Gasteiger partial charge in [0.1, 0.15) is 11.6 Å². The standard InChI is InChI=1S/C22H29NO5/c1-5-7-15-8-6-9-16(10-15)13-27-14-22-11-17(19(24)25)23(18(22)12-22)20(26)28-21(2,3)4/h5-6,8-10,17-18H,1,7,11-14H2,2-4H3,(H,24,25). The summed E-state index contributed by atoms with van der Waals surface area (Å²) in [6, 6.07) is 7.16. The highest BCUT2D eigenvalue weighted by Crippen LogP contribution is 2.60. The lowest BCUT2D eigenvalue weighted by Crippen LogP contribution is -2.45. The summed E-state index contributed by atoms with van der Waals surface area (Å²) in [5, 5.41) is 9.57. The number of hydrogen-bond acceptors (Lipinski definition) is 4. The summed E-state index contributed by atoms with van der Waals surface area (Å²) in [5.41, 5.74) is 1.32. The highest BCUT2D eigenvalue weighted by atomic mass is 16.6. The van der Waals surface area contributed by atoms with Crippen LogP contribution in [0, 0.1) is 5.41 Å². The third kappa shape index (κ3) is 4.38. The highest BCUT2D eigenvalue weighted by Gasteiger charge is 2.68. The summed E-state index contributed by atoms with van der Waals surface area (Å²) in [4.78, 5) is 25.6. The molecule has 1 N–H and O–H groups in total. The third-order valence-corrected chi connectivity index (χ3v) is 5.34. The van der Waals surface area contributed by atoms with Gasteiger partial charge in [-0.1, -0.05) is 30.3 Å². The summed E-state index contributed by atoms with van der Waals surface area (Å²) in [6.07, 6.45) is 3.28. The zero-order valence-corrected chi connectivity index (χ0v) is 16.8. The van der Waals surface area contributed by atoms with E-state index in [9.17, 15) is 14.7 Å². The average Bonchev–Trinajstić information content (AvgIpc) is 3.17. The Morgan fingerprint density at radius 2 is 2.04 bits per heavy atom. The second-order valence-electron chi connectivity index (χ2n) is 8.83. The lowest BCUT2D eigenvalue weighted by atomic mass is 10.0. The molecule has 2 fully saturated rings. The van der Waals surface area contributed by atoms with E-state index in [0.29, 0.717) is 19.6 Å². The van der Waals surface area contributed by atoms with Crippen LogP contribution in [-0.4, -0.2) is 46.4 Å². The zero-order chi connectivity index (χ0) is 20.5. The highest BCUT2D eigenvalue weighted by molar-refractivity contribution is 5.82. The zero-order valence-electron chi connectivity index (χ0n) is 16.8. The fourth-order valence-corrected chi connectivity index (χ4v) is 4.01. The van der Waals surface area contributed by atoms with Crippen molar-refractivity contribution in [1.82, 2.24) is 4.90 Å². The Hall–Kier alpha value is -2.34. The van der Waals surface area contributed by atoms with Crippen molar-refractivity contribution in [2.24, 2.45) is 5.41 Å². The number of rotatable bonds is 7. The maximum Gasteiger partial charge on any atom is 0.411 e. The number of likely N-dealkylation sites (tertiary alicyclic amines) is 1. The number of piperidine rings is 1. The van der Waals surface area contributed by atoms with E-state index in [-0.39, 0.29) is 11.5 Å². The molecule has 6 nitrogen and oxygen atoms in total. The van der Waals surface area contributed by atoms with E-state index in [4.69, 9.17) is 9.47 Å². The van der Waals surface area contributed by atoms with Crippen LogP contribution in [-0.2, 0) is 27.3 Å². The first-order valence-corrected chi connectivity index (χ1v) is 9.66. The molecule has 3 atom stereocenters. The van der Waals surface area contributed by atoms with Crippen molar-refractivity contribution in [3.8, 4) is 0 Å². The van der Waals surface area contributed by atoms with Crippen molar-refractivity contribution in [3.63, 3.8) is 0 Å². The van der Waals surface area contributed by atoms with Crippen LogP contribution < -0.4 is 0 Å². The number of carbonyl (C=O) groups excluding carboxylic acids is 1. The van der Waals surface area contributed by atoms with Crippen molar-refractivity contribution in [2.45, 2.75) is 64.3 Å². The number of allylic oxidation sites excluding steroid dienone is 1. The maximum atomic E-state index is 12.5. The second-order valence-corrected chi connectivity index (χ2v) is 8.83. The normalized spacial score (nSPS) is 25.9. The summed E-state index contributed by atoms with van der Waals surface area (Å²) >= 11 is 0. The number of amides is 1. The van der Waals surface area contributed by atoms with Gasteiger partial charge in [-0.2, -0.15) is 0 Å². The molecule has 3 unspecified atom stereocenters. The number of benzene rings is 1. The van der Waals surface area contributed by atoms with Gasteiger partial charge < -0.3 is 14.6 Å². The number of carboxylic acids is 1. The van der Waals surface area contributed by atoms with Crippen molar-refractivity contribution in [1.29, 1.82) is 0 Å². The van der Waals surface area contributed by atoms with Crippen LogP contribution in [0.2, 0.25) is 0 Å². The van der Waals surface area contributed by atoms with Crippen LogP contribution in [0.15, 0.2) is 36.9 Å². The van der Waals surface area contributed by atoms with Crippen LogP contribution in [0.25, 0.3) is 0 Å². The predicted molar refractivity (Wildman–Crippen MR) is 105 cm³/mol. The lowest BCUT2D eigenvalue weighted by Gasteiger charge is -2.28. The van der Waals surface area contributed by atoms with Gasteiger partial charge in [0.05, 0.1) is 13.2 Å². The molecular weight excluding hydrogens is 358 g/mol. The van der Waals surface area contributed by atoms with E-state index in [1.54, 1.807) is 20.8 Å². The van der Waals surface area contributed by atoms with Crippen LogP contribution >= 0.6 is 0 Å². The molecule has 1 saturated heterocycles. The molecule has 1 aromatic carbocycles. The summed E-state index contributed by atoms with van der Waals surface area (Å²) in [7, 11) is 0. The average molecular weight is 387 g/mol. The monoisotopic (exact) mass is 387 g/mol. The first kappa shape index (κ1) is 20.4. The minimum atomic E-state index is -0.991. The molecule has 1 heterocycles. The van der Waals surface area contributed by atoms with Gasteiger partial charge in [-0.15, -0.1) is 6.58 Å². The van der Waals surface area contributed by atoms with E-state index in [1.807, 2.05) is 24.3 Å². The Morgan fingerprint density at radius 1 is 1.32 bits per heavy atom. The van der Waals surface area contributed by atoms with E-state index in [2.05, 4.69) is 12.6 Å². The van der Waals surface area contributed by atoms with Crippen molar-refractivity contribution >= 4 is 12.1 Å². The van der Waals surface area contributed by atoms with Crippen molar-refractivity contribution in [3.05, 3.63) is 48.0 Å². The molecule has 1 aliphatic carbocycles. The minimum absolute atomic E-state index is 0.129. The van der Waals surface area contributed by atoms with Gasteiger partial charge >= 0.3 is 12.1 Å². The Kier molecular flexibility index (Phi) is 5.53. The van der Waals surface area contributed by atoms with Gasteiger partial charge in [0.25, 0.3) is 0 Å². The SMILES string of the molecule is C=CCc1cccc(COCC23CC(C(=O)O)N(C(=O)OC(C)(C)C)C2C3)c1. The fraction of sp³-hybridized carbons (Fsp3) is 0.545. The molecule has 1 saturated carbocycles. The number of ether oxygens (including phenoxy) is 2. The van der Waals surface area contributed by atoms with Crippen molar-refractivity contribution in [2.75, 3.05) is 6.61 Å². The van der Waals surface area contributed by atoms with E-state index in [1.165, 1.54) is 10.5 Å². The van der Waals surface area contributed by atoms with Gasteiger partial charge in [-0.3, -0.25) is 4.90 Å². The van der Waals surface area contributed by atoms with E-state index >= 15 is 0 Å². The van der Waals surface area contributed by atoms with Crippen LogP contribution in [0.1, 0.15) is 44.7 Å². The number of hydrogen-bond donors (Lipinski definition) is 1. The Bertz CT molecular complexity index is 768. The molecular formula is C22H29NO5. The minimum Gasteiger partial charge on any atom is -0.480 e. The van der Waals surface area contributed by atoms with Crippen molar-refractivity contribution < 1.29 is 24.2 Å². The Labute approximate surface area is 166 Å². The molecule has 28 heavy (non-hydrogen) atoms. The fourth-order valence-electron chi connectivity index (χ4n) is 4.01. The number of nitrogens with zero attached hydrogens (tertiary/aromatic N) is 1. The van der Waals surface area contributed by atoms with E-state index in [0.717, 1.165) is 18.4 Å². The van der Waals surface area contributed by atoms with E-state index < -0.39 is 23.7 Å². The quantitative estimate of drug-likeness (QED) is 0.721.